The van der Waals surface area contributed by atoms with Gasteiger partial charge in [0.15, 0.2) is 0 Å². The molecule has 0 aliphatic heterocycles. The van der Waals surface area contributed by atoms with Crippen LogP contribution in [0.2, 0.25) is 0 Å². The molecular weight excluding hydrogens is 344 g/mol. The second kappa shape index (κ2) is 7.89. The maximum Gasteiger partial charge on any atom is 0.221 e. The number of hydrogen-bond donors (Lipinski definition) is 1. The molecule has 0 aliphatic rings. The maximum atomic E-state index is 12.0. The Labute approximate surface area is 164 Å². The van der Waals surface area contributed by atoms with Crippen molar-refractivity contribution in [2.45, 2.75) is 6.92 Å². The van der Waals surface area contributed by atoms with Gasteiger partial charge >= 0.3 is 0 Å². The van der Waals surface area contributed by atoms with E-state index in [1.807, 2.05) is 97.1 Å². The normalized spacial score (nSPS) is 10.5. The molecular formula is C25H20N2O. The molecule has 1 amide bonds. The minimum Gasteiger partial charge on any atom is -0.324 e. The minimum atomic E-state index is -0.122. The van der Waals surface area contributed by atoms with Gasteiger partial charge in [0.1, 0.15) is 0 Å². The number of amides is 1. The molecule has 0 unspecified atom stereocenters. The van der Waals surface area contributed by atoms with Gasteiger partial charge in [-0.2, -0.15) is 0 Å². The summed E-state index contributed by atoms with van der Waals surface area (Å²) in [5, 5.41) is 3.02. The van der Waals surface area contributed by atoms with E-state index in [4.69, 9.17) is 4.98 Å². The third kappa shape index (κ3) is 3.69. The van der Waals surface area contributed by atoms with Gasteiger partial charge in [-0.1, -0.05) is 91.0 Å². The van der Waals surface area contributed by atoms with Gasteiger partial charge in [-0.25, -0.2) is 4.98 Å². The first-order valence-electron chi connectivity index (χ1n) is 9.21. The molecule has 3 aromatic carbocycles. The van der Waals surface area contributed by atoms with Crippen molar-refractivity contribution in [1.29, 1.82) is 0 Å². The lowest BCUT2D eigenvalue weighted by Gasteiger charge is -2.17. The van der Waals surface area contributed by atoms with E-state index in [1.165, 1.54) is 6.92 Å². The summed E-state index contributed by atoms with van der Waals surface area (Å²) in [5.74, 6) is -0.122. The number of carbonyl (C=O) groups is 1. The van der Waals surface area contributed by atoms with E-state index >= 15 is 0 Å². The monoisotopic (exact) mass is 364 g/mol. The first-order valence-corrected chi connectivity index (χ1v) is 9.21. The van der Waals surface area contributed by atoms with Crippen LogP contribution >= 0.6 is 0 Å². The molecule has 3 nitrogen and oxygen atoms in total. The van der Waals surface area contributed by atoms with E-state index < -0.39 is 0 Å². The van der Waals surface area contributed by atoms with Crippen molar-refractivity contribution in [2.75, 3.05) is 5.32 Å². The van der Waals surface area contributed by atoms with Gasteiger partial charge in [0, 0.05) is 23.6 Å². The van der Waals surface area contributed by atoms with Gasteiger partial charge in [-0.05, 0) is 11.6 Å². The van der Waals surface area contributed by atoms with Crippen molar-refractivity contribution < 1.29 is 4.79 Å². The Kier molecular flexibility index (Phi) is 4.98. The van der Waals surface area contributed by atoms with Gasteiger partial charge in [0.2, 0.25) is 5.91 Å². The van der Waals surface area contributed by atoms with Crippen LogP contribution in [-0.4, -0.2) is 10.9 Å². The van der Waals surface area contributed by atoms with Gasteiger partial charge in [0.25, 0.3) is 0 Å². The molecule has 0 spiro atoms. The van der Waals surface area contributed by atoms with Crippen molar-refractivity contribution >= 4 is 11.6 Å². The highest BCUT2D eigenvalue weighted by molar-refractivity contribution is 6.00. The van der Waals surface area contributed by atoms with Gasteiger partial charge in [0.05, 0.1) is 17.1 Å². The predicted molar refractivity (Wildman–Crippen MR) is 115 cm³/mol. The van der Waals surface area contributed by atoms with Crippen LogP contribution in [0.5, 0.6) is 0 Å². The van der Waals surface area contributed by atoms with E-state index in [0.717, 1.165) is 39.3 Å². The van der Waals surface area contributed by atoms with Crippen LogP contribution in [0.1, 0.15) is 6.92 Å². The lowest BCUT2D eigenvalue weighted by Crippen LogP contribution is -2.10. The molecule has 136 valence electrons. The highest BCUT2D eigenvalue weighted by atomic mass is 16.1. The van der Waals surface area contributed by atoms with Crippen molar-refractivity contribution in [3.63, 3.8) is 0 Å². The summed E-state index contributed by atoms with van der Waals surface area (Å²) < 4.78 is 0. The topological polar surface area (TPSA) is 42.0 Å². The Morgan fingerprint density at radius 2 is 1.21 bits per heavy atom. The standard InChI is InChI=1S/C25H20N2O/c1-18(28)26-25-22(19-11-5-2-6-12-19)17-23(20-13-7-3-8-14-20)27-24(25)21-15-9-4-10-16-21/h2-17H,1H3,(H,26,28). The number of hydrogen-bond acceptors (Lipinski definition) is 2. The van der Waals surface area contributed by atoms with Crippen molar-refractivity contribution in [2.24, 2.45) is 0 Å². The van der Waals surface area contributed by atoms with E-state index in [1.54, 1.807) is 0 Å². The van der Waals surface area contributed by atoms with E-state index in [9.17, 15) is 4.79 Å². The molecule has 4 aromatic rings. The number of nitrogens with one attached hydrogen (secondary N) is 1. The Bertz CT molecular complexity index is 1030. The summed E-state index contributed by atoms with van der Waals surface area (Å²) in [7, 11) is 0. The Hall–Kier alpha value is -3.72. The summed E-state index contributed by atoms with van der Waals surface area (Å²) in [6.45, 7) is 1.52. The highest BCUT2D eigenvalue weighted by Crippen LogP contribution is 2.38. The molecule has 1 aromatic heterocycles. The molecule has 3 heteroatoms. The smallest absolute Gasteiger partial charge is 0.221 e. The van der Waals surface area contributed by atoms with Crippen molar-refractivity contribution in [3.8, 4) is 33.6 Å². The second-order valence-electron chi connectivity index (χ2n) is 6.56. The van der Waals surface area contributed by atoms with Crippen LogP contribution < -0.4 is 5.32 Å². The first kappa shape index (κ1) is 17.7. The average Bonchev–Trinajstić information content (AvgIpc) is 2.75. The fourth-order valence-electron chi connectivity index (χ4n) is 3.25. The number of aromatic nitrogens is 1. The fraction of sp³-hybridized carbons (Fsp3) is 0.0400. The zero-order valence-electron chi connectivity index (χ0n) is 15.6. The number of nitrogens with zero attached hydrogens (tertiary/aromatic N) is 1. The lowest BCUT2D eigenvalue weighted by atomic mass is 9.97. The molecule has 0 radical (unpaired) electrons. The van der Waals surface area contributed by atoms with E-state index in [2.05, 4.69) is 5.32 Å². The van der Waals surface area contributed by atoms with Crippen LogP contribution in [0.25, 0.3) is 33.6 Å². The molecule has 1 N–H and O–H groups in total. The maximum absolute atomic E-state index is 12.0. The van der Waals surface area contributed by atoms with Crippen LogP contribution in [0.15, 0.2) is 97.1 Å². The summed E-state index contributed by atoms with van der Waals surface area (Å²) in [6, 6.07) is 32.2. The van der Waals surface area contributed by atoms with Crippen LogP contribution in [-0.2, 0) is 4.79 Å². The van der Waals surface area contributed by atoms with E-state index in [0.29, 0.717) is 0 Å². The zero-order chi connectivity index (χ0) is 19.3. The quantitative estimate of drug-likeness (QED) is 0.479. The van der Waals surface area contributed by atoms with Crippen LogP contribution in [0.4, 0.5) is 5.69 Å². The predicted octanol–water partition coefficient (Wildman–Crippen LogP) is 6.04. The second-order valence-corrected chi connectivity index (χ2v) is 6.56. The number of pyridine rings is 1. The summed E-state index contributed by atoms with van der Waals surface area (Å²) in [4.78, 5) is 16.9. The van der Waals surface area contributed by atoms with Gasteiger partial charge in [-0.15, -0.1) is 0 Å². The minimum absolute atomic E-state index is 0.122. The van der Waals surface area contributed by atoms with E-state index in [-0.39, 0.29) is 5.91 Å². The Balaban J connectivity index is 2.03. The van der Waals surface area contributed by atoms with Gasteiger partial charge in [-0.3, -0.25) is 4.79 Å². The molecule has 0 saturated carbocycles. The van der Waals surface area contributed by atoms with Crippen molar-refractivity contribution in [1.82, 2.24) is 4.98 Å². The molecule has 28 heavy (non-hydrogen) atoms. The molecule has 0 saturated heterocycles. The summed E-state index contributed by atoms with van der Waals surface area (Å²) in [6.07, 6.45) is 0. The summed E-state index contributed by atoms with van der Waals surface area (Å²) in [5.41, 5.74) is 6.33. The van der Waals surface area contributed by atoms with Crippen LogP contribution in [0, 0.1) is 0 Å². The van der Waals surface area contributed by atoms with Gasteiger partial charge < -0.3 is 5.32 Å². The largest absolute Gasteiger partial charge is 0.324 e. The SMILES string of the molecule is CC(=O)Nc1c(-c2ccccc2)cc(-c2ccccc2)nc1-c1ccccc1. The summed E-state index contributed by atoms with van der Waals surface area (Å²) >= 11 is 0. The zero-order valence-corrected chi connectivity index (χ0v) is 15.6. The Morgan fingerprint density at radius 1 is 0.714 bits per heavy atom. The fourth-order valence-corrected chi connectivity index (χ4v) is 3.25. The average molecular weight is 364 g/mol. The molecule has 0 fully saturated rings. The number of rotatable bonds is 4. The molecule has 0 atom stereocenters. The Morgan fingerprint density at radius 3 is 1.75 bits per heavy atom. The first-order chi connectivity index (χ1) is 13.7. The lowest BCUT2D eigenvalue weighted by molar-refractivity contribution is -0.114. The third-order valence-electron chi connectivity index (χ3n) is 4.52. The molecule has 0 aliphatic carbocycles. The number of carbonyl (C=O) groups excluding carboxylic acids is 1. The highest BCUT2D eigenvalue weighted by Gasteiger charge is 2.17. The number of anilines is 1. The molecule has 1 heterocycles. The van der Waals surface area contributed by atoms with Crippen molar-refractivity contribution in [3.05, 3.63) is 97.1 Å². The molecule has 4 rings (SSSR count). The third-order valence-corrected chi connectivity index (χ3v) is 4.52. The molecule has 0 bridgehead atoms. The van der Waals surface area contributed by atoms with Crippen LogP contribution in [0.3, 0.4) is 0 Å². The number of benzene rings is 3.